The highest BCUT2D eigenvalue weighted by Crippen LogP contribution is 2.32. The molecule has 5 heteroatoms. The smallest absolute Gasteiger partial charge is 0.251 e. The molecule has 21 heavy (non-hydrogen) atoms. The third-order valence-corrected chi connectivity index (χ3v) is 3.28. The Bertz CT molecular complexity index is 642. The van der Waals surface area contributed by atoms with Gasteiger partial charge in [0.05, 0.1) is 6.10 Å². The van der Waals surface area contributed by atoms with Crippen molar-refractivity contribution in [3.05, 3.63) is 59.7 Å². The first-order chi connectivity index (χ1) is 10.2. The molecule has 0 spiro atoms. The monoisotopic (exact) mass is 285 g/mol. The lowest BCUT2D eigenvalue weighted by Crippen LogP contribution is -2.28. The highest BCUT2D eigenvalue weighted by atomic mass is 16.7. The van der Waals surface area contributed by atoms with Crippen LogP contribution in [0.2, 0.25) is 0 Å². The quantitative estimate of drug-likeness (QED) is 0.900. The van der Waals surface area contributed by atoms with Gasteiger partial charge in [0.25, 0.3) is 5.91 Å². The van der Waals surface area contributed by atoms with Gasteiger partial charge in [-0.25, -0.2) is 0 Å². The normalized spacial score (nSPS) is 13.8. The number of carbonyl (C=O) groups excluding carboxylic acids is 1. The molecule has 0 radical (unpaired) electrons. The lowest BCUT2D eigenvalue weighted by molar-refractivity contribution is 0.0916. The Morgan fingerprint density at radius 2 is 1.90 bits per heavy atom. The van der Waals surface area contributed by atoms with Crippen LogP contribution in [-0.2, 0) is 0 Å². The molecular formula is C16H15NO4. The van der Waals surface area contributed by atoms with Gasteiger partial charge in [-0.2, -0.15) is 0 Å². The van der Waals surface area contributed by atoms with Crippen molar-refractivity contribution in [3.8, 4) is 11.5 Å². The van der Waals surface area contributed by atoms with Crippen molar-refractivity contribution in [3.63, 3.8) is 0 Å². The van der Waals surface area contributed by atoms with E-state index in [2.05, 4.69) is 5.32 Å². The van der Waals surface area contributed by atoms with Crippen LogP contribution < -0.4 is 14.8 Å². The summed E-state index contributed by atoms with van der Waals surface area (Å²) >= 11 is 0. The first-order valence-electron chi connectivity index (χ1n) is 6.65. The van der Waals surface area contributed by atoms with Crippen LogP contribution in [0.4, 0.5) is 0 Å². The Balaban J connectivity index is 1.62. The van der Waals surface area contributed by atoms with Crippen molar-refractivity contribution in [1.82, 2.24) is 5.32 Å². The Morgan fingerprint density at radius 3 is 2.71 bits per heavy atom. The molecule has 1 amide bonds. The number of ether oxygens (including phenoxy) is 2. The first-order valence-corrected chi connectivity index (χ1v) is 6.65. The zero-order valence-corrected chi connectivity index (χ0v) is 11.3. The van der Waals surface area contributed by atoms with Crippen molar-refractivity contribution < 1.29 is 19.4 Å². The maximum absolute atomic E-state index is 12.1. The highest BCUT2D eigenvalue weighted by Gasteiger charge is 2.16. The molecular weight excluding hydrogens is 270 g/mol. The molecule has 2 aromatic rings. The maximum Gasteiger partial charge on any atom is 0.251 e. The van der Waals surface area contributed by atoms with E-state index in [4.69, 9.17) is 9.47 Å². The van der Waals surface area contributed by atoms with Gasteiger partial charge in [-0.3, -0.25) is 4.79 Å². The number of aliphatic hydroxyl groups is 1. The molecule has 3 rings (SSSR count). The summed E-state index contributed by atoms with van der Waals surface area (Å²) < 4.78 is 10.4. The molecule has 0 aromatic heterocycles. The topological polar surface area (TPSA) is 67.8 Å². The van der Waals surface area contributed by atoms with Gasteiger partial charge in [0, 0.05) is 12.1 Å². The largest absolute Gasteiger partial charge is 0.454 e. The summed E-state index contributed by atoms with van der Waals surface area (Å²) in [7, 11) is 0. The molecule has 0 saturated carbocycles. The summed E-state index contributed by atoms with van der Waals surface area (Å²) in [6.45, 7) is 0.324. The van der Waals surface area contributed by atoms with Crippen LogP contribution in [0.25, 0.3) is 0 Å². The van der Waals surface area contributed by atoms with Crippen molar-refractivity contribution in [2.45, 2.75) is 6.10 Å². The van der Waals surface area contributed by atoms with Crippen LogP contribution >= 0.6 is 0 Å². The fraction of sp³-hybridized carbons (Fsp3) is 0.188. The van der Waals surface area contributed by atoms with E-state index in [0.29, 0.717) is 17.1 Å². The van der Waals surface area contributed by atoms with Crippen LogP contribution in [0.3, 0.4) is 0 Å². The minimum absolute atomic E-state index is 0.150. The van der Waals surface area contributed by atoms with Gasteiger partial charge in [-0.1, -0.05) is 30.3 Å². The number of rotatable bonds is 4. The van der Waals surface area contributed by atoms with Crippen molar-refractivity contribution in [2.24, 2.45) is 0 Å². The molecule has 0 aliphatic carbocycles. The van der Waals surface area contributed by atoms with E-state index < -0.39 is 6.10 Å². The maximum atomic E-state index is 12.1. The van der Waals surface area contributed by atoms with Crippen LogP contribution in [0.1, 0.15) is 22.0 Å². The lowest BCUT2D eigenvalue weighted by atomic mass is 10.1. The molecule has 1 atom stereocenters. The highest BCUT2D eigenvalue weighted by molar-refractivity contribution is 5.94. The number of hydrogen-bond acceptors (Lipinski definition) is 4. The predicted molar refractivity (Wildman–Crippen MR) is 76.3 cm³/mol. The number of carbonyl (C=O) groups is 1. The average molecular weight is 285 g/mol. The summed E-state index contributed by atoms with van der Waals surface area (Å²) in [5, 5.41) is 12.7. The van der Waals surface area contributed by atoms with Crippen molar-refractivity contribution in [1.29, 1.82) is 0 Å². The number of nitrogens with one attached hydrogen (secondary N) is 1. The van der Waals surface area contributed by atoms with Crippen LogP contribution in [0, 0.1) is 0 Å². The van der Waals surface area contributed by atoms with Gasteiger partial charge in [0.15, 0.2) is 11.5 Å². The SMILES string of the molecule is O=C(NCC(O)c1ccccc1)c1ccc2c(c1)OCO2. The lowest BCUT2D eigenvalue weighted by Gasteiger charge is -2.12. The predicted octanol–water partition coefficient (Wildman–Crippen LogP) is 1.88. The number of amides is 1. The summed E-state index contributed by atoms with van der Waals surface area (Å²) in [6.07, 6.45) is -0.732. The summed E-state index contributed by atoms with van der Waals surface area (Å²) in [5.74, 6) is 0.936. The molecule has 2 aromatic carbocycles. The van der Waals surface area contributed by atoms with Gasteiger partial charge in [-0.05, 0) is 23.8 Å². The van der Waals surface area contributed by atoms with Gasteiger partial charge >= 0.3 is 0 Å². The van der Waals surface area contributed by atoms with Gasteiger partial charge < -0.3 is 19.9 Å². The minimum Gasteiger partial charge on any atom is -0.454 e. The number of aliphatic hydroxyl groups excluding tert-OH is 1. The fourth-order valence-electron chi connectivity index (χ4n) is 2.12. The molecule has 0 saturated heterocycles. The van der Waals surface area contributed by atoms with Crippen molar-refractivity contribution in [2.75, 3.05) is 13.3 Å². The minimum atomic E-state index is -0.732. The van der Waals surface area contributed by atoms with Crippen LogP contribution in [-0.4, -0.2) is 24.4 Å². The second-order valence-corrected chi connectivity index (χ2v) is 4.70. The Hall–Kier alpha value is -2.53. The first kappa shape index (κ1) is 13.5. The number of hydrogen-bond donors (Lipinski definition) is 2. The molecule has 2 N–H and O–H groups in total. The van der Waals surface area contributed by atoms with E-state index in [1.165, 1.54) is 0 Å². The van der Waals surface area contributed by atoms with E-state index in [1.807, 2.05) is 30.3 Å². The zero-order chi connectivity index (χ0) is 14.7. The molecule has 0 bridgehead atoms. The van der Waals surface area contributed by atoms with Crippen LogP contribution in [0.5, 0.6) is 11.5 Å². The fourth-order valence-corrected chi connectivity index (χ4v) is 2.12. The van der Waals surface area contributed by atoms with Gasteiger partial charge in [0.2, 0.25) is 6.79 Å². The molecule has 1 aliphatic heterocycles. The standard InChI is InChI=1S/C16H15NO4/c18-13(11-4-2-1-3-5-11)9-17-16(19)12-6-7-14-15(8-12)21-10-20-14/h1-8,13,18H,9-10H2,(H,17,19). The van der Waals surface area contributed by atoms with Gasteiger partial charge in [0.1, 0.15) is 0 Å². The van der Waals surface area contributed by atoms with Crippen LogP contribution in [0.15, 0.2) is 48.5 Å². The summed E-state index contributed by atoms with van der Waals surface area (Å²) in [4.78, 5) is 12.1. The summed E-state index contributed by atoms with van der Waals surface area (Å²) in [6, 6.07) is 14.2. The Morgan fingerprint density at radius 1 is 1.14 bits per heavy atom. The number of fused-ring (bicyclic) bond motifs is 1. The molecule has 1 heterocycles. The second kappa shape index (κ2) is 5.85. The molecule has 5 nitrogen and oxygen atoms in total. The zero-order valence-electron chi connectivity index (χ0n) is 11.3. The van der Waals surface area contributed by atoms with E-state index in [-0.39, 0.29) is 19.2 Å². The van der Waals surface area contributed by atoms with E-state index in [9.17, 15) is 9.90 Å². The molecule has 1 unspecified atom stereocenters. The Labute approximate surface area is 122 Å². The average Bonchev–Trinajstić information content (AvgIpc) is 3.00. The second-order valence-electron chi connectivity index (χ2n) is 4.70. The molecule has 1 aliphatic rings. The number of benzene rings is 2. The van der Waals surface area contributed by atoms with Gasteiger partial charge in [-0.15, -0.1) is 0 Å². The molecule has 0 fully saturated rings. The van der Waals surface area contributed by atoms with E-state index in [0.717, 1.165) is 5.56 Å². The molecule has 108 valence electrons. The Kier molecular flexibility index (Phi) is 3.75. The van der Waals surface area contributed by atoms with E-state index in [1.54, 1.807) is 18.2 Å². The summed E-state index contributed by atoms with van der Waals surface area (Å²) in [5.41, 5.74) is 1.24. The van der Waals surface area contributed by atoms with E-state index >= 15 is 0 Å². The van der Waals surface area contributed by atoms with Crippen molar-refractivity contribution >= 4 is 5.91 Å². The third-order valence-electron chi connectivity index (χ3n) is 3.28. The third kappa shape index (κ3) is 2.98.